The molecule has 3 aromatic carbocycles. The van der Waals surface area contributed by atoms with Crippen molar-refractivity contribution in [2.45, 2.75) is 31.1 Å². The number of ether oxygens (including phenoxy) is 1. The second kappa shape index (κ2) is 10.6. The van der Waals surface area contributed by atoms with E-state index in [-0.39, 0.29) is 18.4 Å². The smallest absolute Gasteiger partial charge is 0.262 e. The highest BCUT2D eigenvalue weighted by molar-refractivity contribution is 8.15. The molecule has 2 heterocycles. The van der Waals surface area contributed by atoms with E-state index in [1.807, 2.05) is 54.6 Å². The number of methoxy groups -OCH3 is 1. The maximum atomic E-state index is 13.8. The normalized spacial score (nSPS) is 19.0. The van der Waals surface area contributed by atoms with Gasteiger partial charge in [0, 0.05) is 18.5 Å². The van der Waals surface area contributed by atoms with Gasteiger partial charge >= 0.3 is 0 Å². The molecule has 7 nitrogen and oxygen atoms in total. The number of aryl methyl sites for hydroxylation is 1. The van der Waals surface area contributed by atoms with E-state index in [2.05, 4.69) is 10.3 Å². The van der Waals surface area contributed by atoms with E-state index < -0.39 is 17.0 Å². The van der Waals surface area contributed by atoms with Gasteiger partial charge in [-0.15, -0.1) is 0 Å². The molecular weight excluding hydrogens is 491 g/mol. The number of carbonyl (C=O) groups excluding carboxylic acids is 2. The van der Waals surface area contributed by atoms with Crippen LogP contribution in [0.1, 0.15) is 35.6 Å². The Labute approximate surface area is 218 Å². The molecule has 0 saturated carbocycles. The molecule has 0 saturated heterocycles. The van der Waals surface area contributed by atoms with Crippen molar-refractivity contribution in [3.8, 4) is 5.75 Å². The molecule has 5 rings (SSSR count). The average Bonchev–Trinajstić information content (AvgIpc) is 3.51. The summed E-state index contributed by atoms with van der Waals surface area (Å²) >= 11 is 1.22. The molecule has 0 aliphatic carbocycles. The molecule has 0 bridgehead atoms. The van der Waals surface area contributed by atoms with Gasteiger partial charge in [-0.3, -0.25) is 9.59 Å². The Bertz CT molecular complexity index is 1410. The Hall–Kier alpha value is -3.98. The summed E-state index contributed by atoms with van der Waals surface area (Å²) in [4.78, 5) is 29.7. The van der Waals surface area contributed by atoms with Crippen LogP contribution in [0.4, 0.5) is 10.1 Å². The fourth-order valence-electron chi connectivity index (χ4n) is 4.26. The van der Waals surface area contributed by atoms with Crippen molar-refractivity contribution in [2.24, 2.45) is 10.1 Å². The molecule has 3 aromatic rings. The zero-order chi connectivity index (χ0) is 25.9. The Kier molecular flexibility index (Phi) is 7.05. The number of anilines is 1. The third-order valence-corrected chi connectivity index (χ3v) is 7.39. The second-order valence-electron chi connectivity index (χ2n) is 8.81. The molecule has 2 amide bonds. The van der Waals surface area contributed by atoms with Crippen molar-refractivity contribution < 1.29 is 18.7 Å². The van der Waals surface area contributed by atoms with Crippen molar-refractivity contribution in [3.63, 3.8) is 0 Å². The van der Waals surface area contributed by atoms with E-state index in [1.54, 1.807) is 31.2 Å². The number of amides is 2. The van der Waals surface area contributed by atoms with Crippen LogP contribution in [0.2, 0.25) is 0 Å². The molecule has 2 atom stereocenters. The van der Waals surface area contributed by atoms with Crippen molar-refractivity contribution >= 4 is 40.1 Å². The monoisotopic (exact) mass is 516 g/mol. The third kappa shape index (κ3) is 5.41. The number of carbonyl (C=O) groups is 2. The molecule has 1 N–H and O–H groups in total. The van der Waals surface area contributed by atoms with Crippen LogP contribution in [0, 0.1) is 12.7 Å². The topological polar surface area (TPSA) is 83.4 Å². The van der Waals surface area contributed by atoms with Crippen molar-refractivity contribution in [3.05, 3.63) is 95.3 Å². The fraction of sp³-hybridized carbons (Fsp3) is 0.214. The minimum atomic E-state index is -0.688. The summed E-state index contributed by atoms with van der Waals surface area (Å²) in [7, 11) is 1.62. The van der Waals surface area contributed by atoms with Crippen LogP contribution in [0.5, 0.6) is 5.75 Å². The van der Waals surface area contributed by atoms with Crippen LogP contribution in [0.15, 0.2) is 82.9 Å². The molecule has 0 fully saturated rings. The lowest BCUT2D eigenvalue weighted by Crippen LogP contribution is -2.25. The summed E-state index contributed by atoms with van der Waals surface area (Å²) in [5.74, 6) is -0.452. The molecule has 0 spiro atoms. The Morgan fingerprint density at radius 3 is 2.70 bits per heavy atom. The lowest BCUT2D eigenvalue weighted by atomic mass is 9.98. The van der Waals surface area contributed by atoms with Gasteiger partial charge in [0.1, 0.15) is 16.8 Å². The number of hydrogen-bond acceptors (Lipinski definition) is 6. The predicted molar refractivity (Wildman–Crippen MR) is 143 cm³/mol. The van der Waals surface area contributed by atoms with Gasteiger partial charge in [-0.1, -0.05) is 60.3 Å². The highest BCUT2D eigenvalue weighted by Gasteiger charge is 2.39. The van der Waals surface area contributed by atoms with Crippen LogP contribution >= 0.6 is 11.8 Å². The SMILES string of the molecule is COc1cccc([C@H]2CC(c3ccccc3)=NN2C2=NC(=O)[C@@H](CC(=O)Nc3ccc(C)c(F)c3)S2)c1. The summed E-state index contributed by atoms with van der Waals surface area (Å²) in [6, 6.07) is 21.9. The minimum absolute atomic E-state index is 0.0844. The summed E-state index contributed by atoms with van der Waals surface area (Å²) in [6.07, 6.45) is 0.536. The first kappa shape index (κ1) is 24.7. The Morgan fingerprint density at radius 2 is 1.95 bits per heavy atom. The first-order chi connectivity index (χ1) is 17.9. The highest BCUT2D eigenvalue weighted by atomic mass is 32.2. The number of hydrogen-bond donors (Lipinski definition) is 1. The standard InChI is InChI=1S/C28H25FN4O3S/c1-17-11-12-20(14-22(17)29)30-26(34)16-25-27(35)31-28(37-25)33-24(19-9-6-10-21(13-19)36-2)15-23(32-33)18-7-4-3-5-8-18/h3-14,24-25H,15-16H2,1-2H3,(H,30,34)/t24-,25-/m1/s1. The first-order valence-electron chi connectivity index (χ1n) is 11.8. The molecule has 2 aliphatic heterocycles. The van der Waals surface area contributed by atoms with E-state index in [0.717, 1.165) is 22.6 Å². The summed E-state index contributed by atoms with van der Waals surface area (Å²) in [6.45, 7) is 1.65. The van der Waals surface area contributed by atoms with Gasteiger partial charge in [0.25, 0.3) is 5.91 Å². The number of hydrazone groups is 1. The number of nitrogens with zero attached hydrogens (tertiary/aromatic N) is 3. The third-order valence-electron chi connectivity index (χ3n) is 6.25. The van der Waals surface area contributed by atoms with Crippen LogP contribution in [-0.4, -0.2) is 40.1 Å². The predicted octanol–water partition coefficient (Wildman–Crippen LogP) is 5.32. The quantitative estimate of drug-likeness (QED) is 0.480. The van der Waals surface area contributed by atoms with E-state index in [4.69, 9.17) is 9.84 Å². The molecule has 188 valence electrons. The van der Waals surface area contributed by atoms with Crippen LogP contribution in [0.25, 0.3) is 0 Å². The maximum Gasteiger partial charge on any atom is 0.262 e. The van der Waals surface area contributed by atoms with Gasteiger partial charge in [0.05, 0.1) is 18.9 Å². The van der Waals surface area contributed by atoms with Gasteiger partial charge < -0.3 is 10.1 Å². The number of nitrogens with one attached hydrogen (secondary N) is 1. The van der Waals surface area contributed by atoms with Gasteiger partial charge in [-0.2, -0.15) is 10.1 Å². The lowest BCUT2D eigenvalue weighted by molar-refractivity contribution is -0.121. The zero-order valence-electron chi connectivity index (χ0n) is 20.3. The maximum absolute atomic E-state index is 13.8. The average molecular weight is 517 g/mol. The largest absolute Gasteiger partial charge is 0.497 e. The van der Waals surface area contributed by atoms with Gasteiger partial charge in [-0.05, 0) is 47.9 Å². The van der Waals surface area contributed by atoms with Gasteiger partial charge in [0.15, 0.2) is 5.17 Å². The Morgan fingerprint density at radius 1 is 1.14 bits per heavy atom. The van der Waals surface area contributed by atoms with E-state index in [0.29, 0.717) is 22.8 Å². The van der Waals surface area contributed by atoms with Gasteiger partial charge in [-0.25, -0.2) is 9.40 Å². The first-order valence-corrected chi connectivity index (χ1v) is 12.7. The van der Waals surface area contributed by atoms with Crippen molar-refractivity contribution in [2.75, 3.05) is 12.4 Å². The van der Waals surface area contributed by atoms with E-state index in [1.165, 1.54) is 17.8 Å². The summed E-state index contributed by atoms with van der Waals surface area (Å²) in [5, 5.41) is 9.05. The number of thioether (sulfide) groups is 1. The summed E-state index contributed by atoms with van der Waals surface area (Å²) < 4.78 is 19.3. The number of rotatable bonds is 6. The minimum Gasteiger partial charge on any atom is -0.497 e. The summed E-state index contributed by atoms with van der Waals surface area (Å²) in [5.41, 5.74) is 3.69. The van der Waals surface area contributed by atoms with Crippen LogP contribution in [0.3, 0.4) is 0 Å². The molecular formula is C28H25FN4O3S. The zero-order valence-corrected chi connectivity index (χ0v) is 21.2. The molecule has 0 aromatic heterocycles. The van der Waals surface area contributed by atoms with Crippen LogP contribution in [-0.2, 0) is 9.59 Å². The van der Waals surface area contributed by atoms with E-state index in [9.17, 15) is 14.0 Å². The molecule has 2 aliphatic rings. The Balaban J connectivity index is 1.35. The second-order valence-corrected chi connectivity index (χ2v) is 9.98. The number of halogens is 1. The van der Waals surface area contributed by atoms with Gasteiger partial charge in [0.2, 0.25) is 5.91 Å². The molecule has 0 radical (unpaired) electrons. The number of aliphatic imine (C=N–C) groups is 1. The highest BCUT2D eigenvalue weighted by Crippen LogP contribution is 2.39. The fourth-order valence-corrected chi connectivity index (χ4v) is 5.32. The lowest BCUT2D eigenvalue weighted by Gasteiger charge is -2.23. The molecule has 0 unspecified atom stereocenters. The molecule has 37 heavy (non-hydrogen) atoms. The number of benzene rings is 3. The van der Waals surface area contributed by atoms with Crippen molar-refractivity contribution in [1.29, 1.82) is 0 Å². The van der Waals surface area contributed by atoms with Crippen LogP contribution < -0.4 is 10.1 Å². The van der Waals surface area contributed by atoms with Crippen molar-refractivity contribution in [1.82, 2.24) is 5.01 Å². The molecule has 9 heteroatoms. The number of amidine groups is 1. The van der Waals surface area contributed by atoms with E-state index >= 15 is 0 Å².